The molecule has 3 aliphatic heterocycles. The van der Waals surface area contributed by atoms with Gasteiger partial charge in [-0.05, 0) is 45.5 Å². The van der Waals surface area contributed by atoms with Crippen molar-refractivity contribution >= 4 is 11.1 Å². The zero-order valence-corrected chi connectivity index (χ0v) is 27.0. The molecule has 9 rings (SSSR count). The highest BCUT2D eigenvalue weighted by molar-refractivity contribution is 5.76. The second-order valence-electron chi connectivity index (χ2n) is 13.5. The van der Waals surface area contributed by atoms with Crippen molar-refractivity contribution in [2.75, 3.05) is 0 Å². The summed E-state index contributed by atoms with van der Waals surface area (Å²) in [5.41, 5.74) is 15.6. The van der Waals surface area contributed by atoms with Gasteiger partial charge in [-0.1, -0.05) is 133 Å². The molecular weight excluding hydrogens is 585 g/mol. The van der Waals surface area contributed by atoms with Gasteiger partial charge in [-0.2, -0.15) is 0 Å². The average Bonchev–Trinajstić information content (AvgIpc) is 3.92. The third-order valence-corrected chi connectivity index (χ3v) is 10.3. The number of hydrogen-bond acceptors (Lipinski definition) is 2. The third kappa shape index (κ3) is 5.68. The highest BCUT2D eigenvalue weighted by Gasteiger charge is 2.32. The summed E-state index contributed by atoms with van der Waals surface area (Å²) in [7, 11) is 0. The molecule has 8 bridgehead atoms. The summed E-state index contributed by atoms with van der Waals surface area (Å²) in [4.78, 5) is 7.89. The van der Waals surface area contributed by atoms with E-state index in [2.05, 4.69) is 166 Å². The molecule has 236 valence electrons. The summed E-state index contributed by atoms with van der Waals surface area (Å²) in [6.07, 6.45) is 8.54. The van der Waals surface area contributed by atoms with Gasteiger partial charge >= 0.3 is 0 Å². The first kappa shape index (κ1) is 29.0. The van der Waals surface area contributed by atoms with E-state index in [-0.39, 0.29) is 24.2 Å². The van der Waals surface area contributed by atoms with Crippen molar-refractivity contribution in [1.29, 1.82) is 0 Å². The molecule has 6 aromatic rings. The molecule has 0 spiro atoms. The molecule has 0 saturated carbocycles. The van der Waals surface area contributed by atoms with Crippen molar-refractivity contribution in [1.82, 2.24) is 20.6 Å². The van der Waals surface area contributed by atoms with Crippen molar-refractivity contribution < 1.29 is 0 Å². The maximum atomic E-state index is 4.06. The molecule has 4 atom stereocenters. The highest BCUT2D eigenvalue weighted by Crippen LogP contribution is 2.35. The predicted molar refractivity (Wildman–Crippen MR) is 198 cm³/mol. The molecule has 4 unspecified atom stereocenters. The maximum absolute atomic E-state index is 4.06. The van der Waals surface area contributed by atoms with Crippen LogP contribution in [0.2, 0.25) is 0 Å². The lowest BCUT2D eigenvalue weighted by Gasteiger charge is -2.19. The van der Waals surface area contributed by atoms with Crippen molar-refractivity contribution in [3.63, 3.8) is 0 Å². The van der Waals surface area contributed by atoms with Crippen LogP contribution in [0.1, 0.15) is 33.9 Å². The van der Waals surface area contributed by atoms with Gasteiger partial charge in [0, 0.05) is 83.8 Å². The molecular formula is C44H40N4. The van der Waals surface area contributed by atoms with Crippen molar-refractivity contribution in [2.24, 2.45) is 0 Å². The molecule has 4 nitrogen and oxygen atoms in total. The fourth-order valence-electron chi connectivity index (χ4n) is 8.18. The lowest BCUT2D eigenvalue weighted by Crippen LogP contribution is -2.35. The molecule has 48 heavy (non-hydrogen) atoms. The molecule has 0 amide bonds. The van der Waals surface area contributed by atoms with Crippen LogP contribution in [0, 0.1) is 0 Å². The summed E-state index contributed by atoms with van der Waals surface area (Å²) < 4.78 is 0. The lowest BCUT2D eigenvalue weighted by atomic mass is 9.96. The standard InChI is InChI=1S/C44H40N4/c1-5-13-29(14-6-1)37-21-33-26-42-39(31-17-9-3-10-18-31)23-35(47-42)28-44-40(32-19-11-4-12-20-32)24-36(48-44)27-43-38(30-15-7-2-8-16-30)22-34(46-43)25-41(37)45-33/h1-24,33,36,41,44-48H,25-28H2. The van der Waals surface area contributed by atoms with Crippen molar-refractivity contribution in [3.8, 4) is 22.3 Å². The van der Waals surface area contributed by atoms with E-state index >= 15 is 0 Å². The van der Waals surface area contributed by atoms with Crippen molar-refractivity contribution in [3.05, 3.63) is 180 Å². The van der Waals surface area contributed by atoms with E-state index < -0.39 is 0 Å². The van der Waals surface area contributed by atoms with Gasteiger partial charge in [0.05, 0.1) is 0 Å². The minimum atomic E-state index is 0.202. The molecule has 0 aliphatic carbocycles. The molecule has 4 aromatic carbocycles. The van der Waals surface area contributed by atoms with E-state index in [9.17, 15) is 0 Å². The zero-order valence-electron chi connectivity index (χ0n) is 27.0. The number of nitrogens with one attached hydrogen (secondary N) is 4. The Balaban J connectivity index is 1.17. The number of fused-ring (bicyclic) bond motifs is 8. The van der Waals surface area contributed by atoms with E-state index in [1.165, 1.54) is 67.3 Å². The summed E-state index contributed by atoms with van der Waals surface area (Å²) in [5.74, 6) is 0. The first-order valence-corrected chi connectivity index (χ1v) is 17.3. The van der Waals surface area contributed by atoms with Gasteiger partial charge in [-0.25, -0.2) is 0 Å². The molecule has 3 aliphatic rings. The Kier molecular flexibility index (Phi) is 7.53. The Bertz CT molecular complexity index is 1930. The van der Waals surface area contributed by atoms with Gasteiger partial charge in [-0.3, -0.25) is 0 Å². The monoisotopic (exact) mass is 624 g/mol. The minimum Gasteiger partial charge on any atom is -0.362 e. The van der Waals surface area contributed by atoms with E-state index in [0.29, 0.717) is 0 Å². The molecule has 4 N–H and O–H groups in total. The fourth-order valence-corrected chi connectivity index (χ4v) is 8.18. The second kappa shape index (κ2) is 12.5. The molecule has 0 fully saturated rings. The molecule has 0 radical (unpaired) electrons. The summed E-state index contributed by atoms with van der Waals surface area (Å²) in [5, 5.41) is 8.12. The van der Waals surface area contributed by atoms with E-state index in [1.54, 1.807) is 0 Å². The van der Waals surface area contributed by atoms with E-state index in [4.69, 9.17) is 0 Å². The van der Waals surface area contributed by atoms with Crippen molar-refractivity contribution in [2.45, 2.75) is 49.9 Å². The van der Waals surface area contributed by atoms with Crippen LogP contribution in [-0.2, 0) is 25.7 Å². The largest absolute Gasteiger partial charge is 0.362 e. The van der Waals surface area contributed by atoms with E-state index in [0.717, 1.165) is 25.7 Å². The Labute approximate surface area is 282 Å². The highest BCUT2D eigenvalue weighted by atomic mass is 15.0. The first-order valence-electron chi connectivity index (χ1n) is 17.3. The Hall–Kier alpha value is -5.16. The third-order valence-electron chi connectivity index (χ3n) is 10.3. The second-order valence-corrected chi connectivity index (χ2v) is 13.5. The Morgan fingerprint density at radius 1 is 0.396 bits per heavy atom. The molecule has 2 aromatic heterocycles. The minimum absolute atomic E-state index is 0.202. The lowest BCUT2D eigenvalue weighted by molar-refractivity contribution is 0.547. The average molecular weight is 625 g/mol. The molecule has 5 heterocycles. The summed E-state index contributed by atoms with van der Waals surface area (Å²) in [6, 6.07) is 49.2. The van der Waals surface area contributed by atoms with E-state index in [1.807, 2.05) is 0 Å². The van der Waals surface area contributed by atoms with Gasteiger partial charge in [0.2, 0.25) is 0 Å². The quantitative estimate of drug-likeness (QED) is 0.159. The van der Waals surface area contributed by atoms with Crippen LogP contribution in [0.15, 0.2) is 146 Å². The van der Waals surface area contributed by atoms with Gasteiger partial charge in [-0.15, -0.1) is 0 Å². The van der Waals surface area contributed by atoms with Gasteiger partial charge in [0.1, 0.15) is 0 Å². The topological polar surface area (TPSA) is 55.6 Å². The van der Waals surface area contributed by atoms with Crippen LogP contribution in [0.3, 0.4) is 0 Å². The van der Waals surface area contributed by atoms with Gasteiger partial charge < -0.3 is 20.6 Å². The summed E-state index contributed by atoms with van der Waals surface area (Å²) in [6.45, 7) is 0. The number of hydrogen-bond donors (Lipinski definition) is 4. The normalized spacial score (nSPS) is 21.9. The summed E-state index contributed by atoms with van der Waals surface area (Å²) >= 11 is 0. The van der Waals surface area contributed by atoms with Crippen LogP contribution in [-0.4, -0.2) is 34.1 Å². The number of rotatable bonds is 4. The molecule has 0 saturated heterocycles. The number of aromatic nitrogens is 2. The van der Waals surface area contributed by atoms with Crippen LogP contribution in [0.5, 0.6) is 0 Å². The Morgan fingerprint density at radius 2 is 0.750 bits per heavy atom. The van der Waals surface area contributed by atoms with Crippen LogP contribution in [0.4, 0.5) is 0 Å². The Morgan fingerprint density at radius 3 is 1.12 bits per heavy atom. The van der Waals surface area contributed by atoms with Crippen LogP contribution in [0.25, 0.3) is 33.4 Å². The number of H-pyrrole nitrogens is 2. The smallest absolute Gasteiger partial charge is 0.0383 e. The van der Waals surface area contributed by atoms with Crippen LogP contribution < -0.4 is 10.6 Å². The van der Waals surface area contributed by atoms with Gasteiger partial charge in [0.15, 0.2) is 0 Å². The van der Waals surface area contributed by atoms with Gasteiger partial charge in [0.25, 0.3) is 0 Å². The zero-order chi connectivity index (χ0) is 31.9. The predicted octanol–water partition coefficient (Wildman–Crippen LogP) is 8.41. The maximum Gasteiger partial charge on any atom is 0.0383 e. The first-order chi connectivity index (χ1) is 23.7. The van der Waals surface area contributed by atoms with Crippen LogP contribution >= 0.6 is 0 Å². The molecule has 4 heteroatoms. The fraction of sp³-hybridized carbons (Fsp3) is 0.182. The SMILES string of the molecule is C1=C(c2ccccc2)C2Cc3cc(-c4ccccc4)c([nH]3)CC3C=C(c4ccccc4)C(Cc4cc(-c5ccccc5)c([nH]4)CC1N2)N3. The number of aromatic amines is 2. The number of benzene rings is 4.